The normalized spacial score (nSPS) is 11.5. The molecule has 222 valence electrons. The second kappa shape index (κ2) is 14.4. The summed E-state index contributed by atoms with van der Waals surface area (Å²) in [5.74, 6) is 1.05. The highest BCUT2D eigenvalue weighted by Crippen LogP contribution is 2.33. The first-order valence-corrected chi connectivity index (χ1v) is 14.7. The highest BCUT2D eigenvalue weighted by atomic mass is 32.1. The molecule has 0 aliphatic rings. The van der Waals surface area contributed by atoms with Gasteiger partial charge in [-0.2, -0.15) is 13.2 Å². The number of methoxy groups -OCH3 is 1. The number of esters is 1. The maximum atomic E-state index is 13.0. The fraction of sp³-hybridized carbons (Fsp3) is 0.333. The Kier molecular flexibility index (Phi) is 10.6. The van der Waals surface area contributed by atoms with Gasteiger partial charge in [0.2, 0.25) is 0 Å². The minimum absolute atomic E-state index is 0.226. The predicted octanol–water partition coefficient (Wildman–Crippen LogP) is 8.57. The lowest BCUT2D eigenvalue weighted by Gasteiger charge is -2.23. The van der Waals surface area contributed by atoms with Crippen molar-refractivity contribution in [3.63, 3.8) is 0 Å². The van der Waals surface area contributed by atoms with Crippen molar-refractivity contribution < 1.29 is 27.4 Å². The molecule has 1 aromatic heterocycles. The van der Waals surface area contributed by atoms with Crippen LogP contribution in [-0.4, -0.2) is 24.6 Å². The molecule has 0 unspecified atom stereocenters. The zero-order valence-corrected chi connectivity index (χ0v) is 24.8. The lowest BCUT2D eigenvalue weighted by Crippen LogP contribution is -2.24. The molecule has 5 nitrogen and oxygen atoms in total. The number of thiazole rings is 1. The number of hydrogen-bond donors (Lipinski definition) is 0. The standard InChI is InChI=1S/C33H35F3N2O3S/c1-23(2)18-19-38(32-37-30(22-42-32)27-11-13-28(14-12-27)33(34,35)36)20-25-4-6-26(7-5-25)21-41-29-15-8-24(9-16-29)10-17-31(39)40-3/h4-9,11-16,22-23H,10,17-21H2,1-3H3. The Morgan fingerprint density at radius 2 is 1.57 bits per heavy atom. The van der Waals surface area contributed by atoms with Gasteiger partial charge in [0.05, 0.1) is 18.4 Å². The van der Waals surface area contributed by atoms with Gasteiger partial charge in [0, 0.05) is 30.5 Å². The summed E-state index contributed by atoms with van der Waals surface area (Å²) in [7, 11) is 1.39. The second-order valence-corrected chi connectivity index (χ2v) is 11.4. The average molecular weight is 597 g/mol. The van der Waals surface area contributed by atoms with Crippen molar-refractivity contribution in [1.82, 2.24) is 4.98 Å². The van der Waals surface area contributed by atoms with Crippen molar-refractivity contribution in [3.05, 3.63) is 100 Å². The number of hydrogen-bond acceptors (Lipinski definition) is 6. The van der Waals surface area contributed by atoms with E-state index in [2.05, 4.69) is 47.7 Å². The number of halogens is 3. The Balaban J connectivity index is 1.37. The number of benzene rings is 3. The average Bonchev–Trinajstić information content (AvgIpc) is 3.48. The molecule has 0 bridgehead atoms. The number of aromatic nitrogens is 1. The SMILES string of the molecule is COC(=O)CCc1ccc(OCc2ccc(CN(CCC(C)C)c3nc(-c4ccc(C(F)(F)F)cc4)cs3)cc2)cc1. The van der Waals surface area contributed by atoms with Gasteiger partial charge in [0.15, 0.2) is 5.13 Å². The number of alkyl halides is 3. The number of rotatable bonds is 13. The molecule has 42 heavy (non-hydrogen) atoms. The molecular formula is C33H35F3N2O3S. The van der Waals surface area contributed by atoms with Gasteiger partial charge in [-0.15, -0.1) is 11.3 Å². The first kappa shape index (κ1) is 31.1. The van der Waals surface area contributed by atoms with Crippen molar-refractivity contribution in [1.29, 1.82) is 0 Å². The molecule has 9 heteroatoms. The maximum absolute atomic E-state index is 13.0. The lowest BCUT2D eigenvalue weighted by atomic mass is 10.1. The van der Waals surface area contributed by atoms with E-state index in [0.717, 1.165) is 52.7 Å². The van der Waals surface area contributed by atoms with Crippen LogP contribution < -0.4 is 9.64 Å². The van der Waals surface area contributed by atoms with Gasteiger partial charge in [0.25, 0.3) is 0 Å². The van der Waals surface area contributed by atoms with Crippen LogP contribution in [0.25, 0.3) is 11.3 Å². The number of carbonyl (C=O) groups is 1. The molecular weight excluding hydrogens is 561 g/mol. The van der Waals surface area contributed by atoms with E-state index in [0.29, 0.717) is 43.2 Å². The van der Waals surface area contributed by atoms with Crippen LogP contribution in [0.4, 0.5) is 18.3 Å². The molecule has 0 saturated heterocycles. The van der Waals surface area contributed by atoms with Crippen LogP contribution in [0.15, 0.2) is 78.2 Å². The van der Waals surface area contributed by atoms with Crippen LogP contribution >= 0.6 is 11.3 Å². The Morgan fingerprint density at radius 3 is 2.19 bits per heavy atom. The Bertz CT molecular complexity index is 1420. The van der Waals surface area contributed by atoms with Crippen LogP contribution in [0, 0.1) is 5.92 Å². The third-order valence-electron chi connectivity index (χ3n) is 6.82. The fourth-order valence-corrected chi connectivity index (χ4v) is 5.12. The van der Waals surface area contributed by atoms with Crippen molar-refractivity contribution in [2.24, 2.45) is 5.92 Å². The van der Waals surface area contributed by atoms with E-state index < -0.39 is 11.7 Å². The summed E-state index contributed by atoms with van der Waals surface area (Å²) < 4.78 is 49.5. The summed E-state index contributed by atoms with van der Waals surface area (Å²) in [6.45, 7) is 6.28. The predicted molar refractivity (Wildman–Crippen MR) is 161 cm³/mol. The third-order valence-corrected chi connectivity index (χ3v) is 7.72. The molecule has 0 radical (unpaired) electrons. The molecule has 0 N–H and O–H groups in total. The maximum Gasteiger partial charge on any atom is 0.416 e. The van der Waals surface area contributed by atoms with E-state index in [9.17, 15) is 18.0 Å². The van der Waals surface area contributed by atoms with E-state index in [1.165, 1.54) is 30.6 Å². The molecule has 0 saturated carbocycles. The van der Waals surface area contributed by atoms with Gasteiger partial charge in [-0.25, -0.2) is 4.98 Å². The largest absolute Gasteiger partial charge is 0.489 e. The Labute approximate surface area is 248 Å². The van der Waals surface area contributed by atoms with E-state index in [4.69, 9.17) is 9.72 Å². The van der Waals surface area contributed by atoms with Gasteiger partial charge in [-0.05, 0) is 59.7 Å². The highest BCUT2D eigenvalue weighted by Gasteiger charge is 2.30. The molecule has 0 fully saturated rings. The first-order valence-electron chi connectivity index (χ1n) is 13.8. The summed E-state index contributed by atoms with van der Waals surface area (Å²) in [5.41, 5.74) is 3.88. The van der Waals surface area contributed by atoms with Crippen LogP contribution in [0.5, 0.6) is 5.75 Å². The molecule has 0 aliphatic carbocycles. The van der Waals surface area contributed by atoms with E-state index >= 15 is 0 Å². The monoisotopic (exact) mass is 596 g/mol. The molecule has 1 heterocycles. The molecule has 4 rings (SSSR count). The minimum atomic E-state index is -4.36. The molecule has 0 aliphatic heterocycles. The van der Waals surface area contributed by atoms with Crippen molar-refractivity contribution in [2.75, 3.05) is 18.6 Å². The van der Waals surface area contributed by atoms with Gasteiger partial charge < -0.3 is 14.4 Å². The summed E-state index contributed by atoms with van der Waals surface area (Å²) in [4.78, 5) is 18.3. The second-order valence-electron chi connectivity index (χ2n) is 10.5. The Hall–Kier alpha value is -3.85. The van der Waals surface area contributed by atoms with Gasteiger partial charge in [0.1, 0.15) is 12.4 Å². The number of ether oxygens (including phenoxy) is 2. The van der Waals surface area contributed by atoms with Crippen molar-refractivity contribution in [2.45, 2.75) is 52.4 Å². The molecule has 0 spiro atoms. The summed E-state index contributed by atoms with van der Waals surface area (Å²) in [6, 6.07) is 21.1. The minimum Gasteiger partial charge on any atom is -0.489 e. The van der Waals surface area contributed by atoms with Gasteiger partial charge in [-0.1, -0.05) is 62.4 Å². The first-order chi connectivity index (χ1) is 20.1. The number of anilines is 1. The smallest absolute Gasteiger partial charge is 0.416 e. The van der Waals surface area contributed by atoms with Gasteiger partial charge >= 0.3 is 12.1 Å². The summed E-state index contributed by atoms with van der Waals surface area (Å²) in [6.07, 6.45) is -2.40. The number of nitrogens with zero attached hydrogens (tertiary/aromatic N) is 2. The quantitative estimate of drug-likeness (QED) is 0.145. The van der Waals surface area contributed by atoms with E-state index in [1.807, 2.05) is 29.6 Å². The third kappa shape index (κ3) is 9.08. The van der Waals surface area contributed by atoms with Crippen LogP contribution in [0.1, 0.15) is 48.9 Å². The number of carbonyl (C=O) groups excluding carboxylic acids is 1. The zero-order chi connectivity index (χ0) is 30.1. The number of aryl methyl sites for hydroxylation is 1. The molecule has 0 atom stereocenters. The van der Waals surface area contributed by atoms with E-state index in [1.54, 1.807) is 0 Å². The van der Waals surface area contributed by atoms with Crippen LogP contribution in [0.2, 0.25) is 0 Å². The highest BCUT2D eigenvalue weighted by molar-refractivity contribution is 7.14. The summed E-state index contributed by atoms with van der Waals surface area (Å²) >= 11 is 1.50. The van der Waals surface area contributed by atoms with Crippen molar-refractivity contribution in [3.8, 4) is 17.0 Å². The van der Waals surface area contributed by atoms with Crippen molar-refractivity contribution >= 4 is 22.4 Å². The Morgan fingerprint density at radius 1 is 0.929 bits per heavy atom. The molecule has 4 aromatic rings. The van der Waals surface area contributed by atoms with Crippen LogP contribution in [-0.2, 0) is 35.3 Å². The lowest BCUT2D eigenvalue weighted by molar-refractivity contribution is -0.140. The topological polar surface area (TPSA) is 51.7 Å². The molecule has 0 amide bonds. The zero-order valence-electron chi connectivity index (χ0n) is 24.0. The fourth-order valence-electron chi connectivity index (χ4n) is 4.26. The summed E-state index contributed by atoms with van der Waals surface area (Å²) in [5, 5.41) is 2.74. The van der Waals surface area contributed by atoms with Crippen LogP contribution in [0.3, 0.4) is 0 Å². The van der Waals surface area contributed by atoms with E-state index in [-0.39, 0.29) is 5.97 Å². The van der Waals surface area contributed by atoms with Gasteiger partial charge in [-0.3, -0.25) is 4.79 Å². The molecule has 3 aromatic carbocycles.